The fourth-order valence-electron chi connectivity index (χ4n) is 3.44. The highest BCUT2D eigenvalue weighted by atomic mass is 28.4. The van der Waals surface area contributed by atoms with Crippen LogP contribution in [0.5, 0.6) is 0 Å². The molecule has 0 aliphatic heterocycles. The summed E-state index contributed by atoms with van der Waals surface area (Å²) in [6, 6.07) is 21.2. The molecule has 0 aliphatic carbocycles. The maximum atomic E-state index is 9.63. The van der Waals surface area contributed by atoms with E-state index in [0.29, 0.717) is 6.61 Å². The van der Waals surface area contributed by atoms with E-state index < -0.39 is 14.4 Å². The predicted molar refractivity (Wildman–Crippen MR) is 109 cm³/mol. The molecular formula is C22H30O2Si. The second-order valence-corrected chi connectivity index (χ2v) is 12.0. The SMILES string of the molecule is C/C(=C\[C@H](C)O)CO[Si](c1ccccc1)(c1ccccc1)C(C)(C)C. The minimum absolute atomic E-state index is 0.0270. The molecule has 3 heteroatoms. The lowest BCUT2D eigenvalue weighted by atomic mass is 10.2. The summed E-state index contributed by atoms with van der Waals surface area (Å²) in [5.74, 6) is 0. The lowest BCUT2D eigenvalue weighted by Gasteiger charge is -2.43. The zero-order valence-corrected chi connectivity index (χ0v) is 17.0. The van der Waals surface area contributed by atoms with E-state index in [2.05, 4.69) is 81.4 Å². The van der Waals surface area contributed by atoms with E-state index in [1.165, 1.54) is 10.4 Å². The van der Waals surface area contributed by atoms with Gasteiger partial charge in [0.25, 0.3) is 8.32 Å². The van der Waals surface area contributed by atoms with Crippen LogP contribution in [0.4, 0.5) is 0 Å². The molecule has 0 bridgehead atoms. The molecule has 0 heterocycles. The Bertz CT molecular complexity index is 645. The molecule has 0 spiro atoms. The number of rotatable bonds is 6. The van der Waals surface area contributed by atoms with Crippen molar-refractivity contribution in [1.82, 2.24) is 0 Å². The highest BCUT2D eigenvalue weighted by Crippen LogP contribution is 2.36. The van der Waals surface area contributed by atoms with Crippen molar-refractivity contribution in [2.75, 3.05) is 6.61 Å². The van der Waals surface area contributed by atoms with E-state index in [0.717, 1.165) is 5.57 Å². The van der Waals surface area contributed by atoms with Crippen LogP contribution in [0.2, 0.25) is 5.04 Å². The normalized spacial score (nSPS) is 14.4. The zero-order valence-electron chi connectivity index (χ0n) is 16.0. The van der Waals surface area contributed by atoms with E-state index in [-0.39, 0.29) is 5.04 Å². The van der Waals surface area contributed by atoms with E-state index in [4.69, 9.17) is 4.43 Å². The summed E-state index contributed by atoms with van der Waals surface area (Å²) in [4.78, 5) is 0. The Balaban J connectivity index is 2.57. The van der Waals surface area contributed by atoms with Crippen LogP contribution in [0.25, 0.3) is 0 Å². The fraction of sp³-hybridized carbons (Fsp3) is 0.364. The molecule has 0 fully saturated rings. The number of hydrogen-bond donors (Lipinski definition) is 1. The number of aliphatic hydroxyl groups excluding tert-OH is 1. The van der Waals surface area contributed by atoms with Crippen molar-refractivity contribution in [3.63, 3.8) is 0 Å². The molecular weight excluding hydrogens is 324 g/mol. The third kappa shape index (κ3) is 4.49. The van der Waals surface area contributed by atoms with E-state index in [1.807, 2.05) is 13.0 Å². The topological polar surface area (TPSA) is 29.5 Å². The third-order valence-corrected chi connectivity index (χ3v) is 9.44. The molecule has 2 aromatic rings. The monoisotopic (exact) mass is 354 g/mol. The first-order valence-corrected chi connectivity index (χ1v) is 10.8. The van der Waals surface area contributed by atoms with Crippen molar-refractivity contribution in [1.29, 1.82) is 0 Å². The Morgan fingerprint density at radius 1 is 1.00 bits per heavy atom. The molecule has 1 atom stereocenters. The summed E-state index contributed by atoms with van der Waals surface area (Å²) in [6.07, 6.45) is 1.40. The molecule has 2 nitrogen and oxygen atoms in total. The van der Waals surface area contributed by atoms with Gasteiger partial charge in [-0.15, -0.1) is 0 Å². The van der Waals surface area contributed by atoms with Crippen LogP contribution in [0.1, 0.15) is 34.6 Å². The summed E-state index contributed by atoms with van der Waals surface area (Å²) in [5.41, 5.74) is 1.06. The molecule has 0 saturated heterocycles. The number of hydrogen-bond acceptors (Lipinski definition) is 2. The molecule has 2 aromatic carbocycles. The second-order valence-electron chi connectivity index (χ2n) is 7.71. The highest BCUT2D eigenvalue weighted by molar-refractivity contribution is 6.99. The molecule has 0 saturated carbocycles. The van der Waals surface area contributed by atoms with Gasteiger partial charge < -0.3 is 9.53 Å². The van der Waals surface area contributed by atoms with Crippen molar-refractivity contribution < 1.29 is 9.53 Å². The van der Waals surface area contributed by atoms with Gasteiger partial charge in [0.05, 0.1) is 12.7 Å². The van der Waals surface area contributed by atoms with Crippen molar-refractivity contribution in [2.24, 2.45) is 0 Å². The average Bonchev–Trinajstić information content (AvgIpc) is 2.55. The average molecular weight is 355 g/mol. The first-order chi connectivity index (χ1) is 11.8. The van der Waals surface area contributed by atoms with Gasteiger partial charge in [-0.25, -0.2) is 0 Å². The Morgan fingerprint density at radius 2 is 1.44 bits per heavy atom. The third-order valence-electron chi connectivity index (χ3n) is 4.46. The van der Waals surface area contributed by atoms with Crippen molar-refractivity contribution in [3.8, 4) is 0 Å². The van der Waals surface area contributed by atoms with Gasteiger partial charge in [0.2, 0.25) is 0 Å². The molecule has 0 unspecified atom stereocenters. The van der Waals surface area contributed by atoms with Crippen LogP contribution in [0.3, 0.4) is 0 Å². The lowest BCUT2D eigenvalue weighted by molar-refractivity contribution is 0.240. The molecule has 0 aliphatic rings. The summed E-state index contributed by atoms with van der Waals surface area (Å²) in [7, 11) is -2.49. The van der Waals surface area contributed by atoms with Crippen LogP contribution in [-0.4, -0.2) is 26.1 Å². The minimum atomic E-state index is -2.49. The van der Waals surface area contributed by atoms with Gasteiger partial charge in [-0.1, -0.05) is 93.1 Å². The van der Waals surface area contributed by atoms with Crippen LogP contribution < -0.4 is 10.4 Å². The maximum absolute atomic E-state index is 9.63. The fourth-order valence-corrected chi connectivity index (χ4v) is 8.04. The van der Waals surface area contributed by atoms with Crippen LogP contribution in [0, 0.1) is 0 Å². The standard InChI is InChI=1S/C22H30O2Si/c1-18(16-19(2)23)17-24-25(22(3,4)5,20-12-8-6-9-13-20)21-14-10-7-11-15-21/h6-16,19,23H,17H2,1-5H3/b18-16+/t19-/m0/s1. The van der Waals surface area contributed by atoms with Crippen LogP contribution >= 0.6 is 0 Å². The first-order valence-electron chi connectivity index (χ1n) is 8.88. The largest absolute Gasteiger partial charge is 0.403 e. The molecule has 2 rings (SSSR count). The van der Waals surface area contributed by atoms with Crippen LogP contribution in [0.15, 0.2) is 72.3 Å². The van der Waals surface area contributed by atoms with Gasteiger partial charge in [-0.3, -0.25) is 0 Å². The minimum Gasteiger partial charge on any atom is -0.403 e. The molecule has 0 radical (unpaired) electrons. The smallest absolute Gasteiger partial charge is 0.261 e. The Morgan fingerprint density at radius 3 is 1.80 bits per heavy atom. The van der Waals surface area contributed by atoms with Gasteiger partial charge in [0.1, 0.15) is 0 Å². The quantitative estimate of drug-likeness (QED) is 0.630. The van der Waals surface area contributed by atoms with E-state index >= 15 is 0 Å². The Hall–Kier alpha value is -1.68. The molecule has 1 N–H and O–H groups in total. The van der Waals surface area contributed by atoms with E-state index in [1.54, 1.807) is 6.92 Å². The highest BCUT2D eigenvalue weighted by Gasteiger charge is 2.50. The predicted octanol–water partition coefficient (Wildman–Crippen LogP) is 3.89. The van der Waals surface area contributed by atoms with Gasteiger partial charge in [-0.05, 0) is 29.3 Å². The van der Waals surface area contributed by atoms with E-state index in [9.17, 15) is 5.11 Å². The Kier molecular flexibility index (Phi) is 6.39. The van der Waals surface area contributed by atoms with Gasteiger partial charge in [0.15, 0.2) is 0 Å². The number of benzene rings is 2. The van der Waals surface area contributed by atoms with Gasteiger partial charge >= 0.3 is 0 Å². The zero-order chi connectivity index (χ0) is 18.5. The summed E-state index contributed by atoms with van der Waals surface area (Å²) >= 11 is 0. The van der Waals surface area contributed by atoms with Crippen molar-refractivity contribution in [3.05, 3.63) is 72.3 Å². The van der Waals surface area contributed by atoms with Gasteiger partial charge in [-0.2, -0.15) is 0 Å². The molecule has 0 aromatic heterocycles. The maximum Gasteiger partial charge on any atom is 0.261 e. The van der Waals surface area contributed by atoms with Crippen LogP contribution in [-0.2, 0) is 4.43 Å². The number of aliphatic hydroxyl groups is 1. The molecule has 134 valence electrons. The van der Waals surface area contributed by atoms with Crippen molar-refractivity contribution in [2.45, 2.75) is 45.8 Å². The first kappa shape index (κ1) is 19.6. The lowest BCUT2D eigenvalue weighted by Crippen LogP contribution is -2.66. The summed E-state index contributed by atoms with van der Waals surface area (Å²) in [6.45, 7) is 11.1. The summed E-state index contributed by atoms with van der Waals surface area (Å²) < 4.78 is 6.79. The van der Waals surface area contributed by atoms with Crippen molar-refractivity contribution >= 4 is 18.7 Å². The molecule has 0 amide bonds. The summed E-state index contributed by atoms with van der Waals surface area (Å²) in [5, 5.41) is 12.2. The van der Waals surface area contributed by atoms with Gasteiger partial charge in [0, 0.05) is 0 Å². The second kappa shape index (κ2) is 8.13. The Labute approximate surface area is 153 Å². The molecule has 25 heavy (non-hydrogen) atoms.